The minimum Gasteiger partial charge on any atom is -0.449 e. The molecule has 1 aliphatic rings. The van der Waals surface area contributed by atoms with Crippen LogP contribution in [0.3, 0.4) is 0 Å². The number of carbonyl (C=O) groups excluding carboxylic acids is 2. The molecule has 0 unspecified atom stereocenters. The highest BCUT2D eigenvalue weighted by Crippen LogP contribution is 2.29. The molecule has 1 aliphatic carbocycles. The van der Waals surface area contributed by atoms with E-state index < -0.39 is 22.9 Å². The zero-order valence-electron chi connectivity index (χ0n) is 15.8. The van der Waals surface area contributed by atoms with E-state index >= 15 is 0 Å². The number of carbonyl (C=O) groups is 2. The van der Waals surface area contributed by atoms with Gasteiger partial charge in [0.05, 0.1) is 16.5 Å². The molecule has 7 nitrogen and oxygen atoms in total. The standard InChI is InChI=1S/C21H22N2O5/c1-13-10-11-16(12-19(13)23(26)27)21(25)28-14(2)20(24)22-18-9-5-7-15-6-3-4-8-17(15)18/h3-4,6,8,10-12,14,18H,5,7,9H2,1-2H3,(H,22,24)/t14-,18+/m0/s1. The van der Waals surface area contributed by atoms with Crippen molar-refractivity contribution in [3.8, 4) is 0 Å². The second-order valence-electron chi connectivity index (χ2n) is 6.96. The molecule has 1 amide bonds. The molecule has 0 bridgehead atoms. The summed E-state index contributed by atoms with van der Waals surface area (Å²) in [6.07, 6.45) is 1.78. The van der Waals surface area contributed by atoms with Crippen LogP contribution >= 0.6 is 0 Å². The Bertz CT molecular complexity index is 925. The summed E-state index contributed by atoms with van der Waals surface area (Å²) in [6, 6.07) is 12.0. The van der Waals surface area contributed by atoms with Gasteiger partial charge in [0, 0.05) is 11.6 Å². The predicted octanol–water partition coefficient (Wildman–Crippen LogP) is 3.64. The molecule has 0 aliphatic heterocycles. The molecule has 1 N–H and O–H groups in total. The van der Waals surface area contributed by atoms with Crippen molar-refractivity contribution < 1.29 is 19.2 Å². The maximum Gasteiger partial charge on any atom is 0.339 e. The third-order valence-corrected chi connectivity index (χ3v) is 4.98. The fraction of sp³-hybridized carbons (Fsp3) is 0.333. The summed E-state index contributed by atoms with van der Waals surface area (Å²) >= 11 is 0. The minimum atomic E-state index is -1.01. The van der Waals surface area contributed by atoms with E-state index in [0.717, 1.165) is 24.8 Å². The van der Waals surface area contributed by atoms with E-state index in [2.05, 4.69) is 11.4 Å². The molecule has 2 atom stereocenters. The summed E-state index contributed by atoms with van der Waals surface area (Å²) < 4.78 is 5.23. The van der Waals surface area contributed by atoms with E-state index in [1.54, 1.807) is 6.92 Å². The maximum absolute atomic E-state index is 12.5. The number of benzene rings is 2. The predicted molar refractivity (Wildman–Crippen MR) is 103 cm³/mol. The van der Waals surface area contributed by atoms with Crippen molar-refractivity contribution in [1.82, 2.24) is 5.32 Å². The summed E-state index contributed by atoms with van der Waals surface area (Å²) in [7, 11) is 0. The Kier molecular flexibility index (Phi) is 5.73. The van der Waals surface area contributed by atoms with E-state index in [1.807, 2.05) is 18.2 Å². The molecule has 2 aromatic rings. The number of nitrogens with zero attached hydrogens (tertiary/aromatic N) is 1. The van der Waals surface area contributed by atoms with Crippen LogP contribution in [0.5, 0.6) is 0 Å². The lowest BCUT2D eigenvalue weighted by molar-refractivity contribution is -0.385. The van der Waals surface area contributed by atoms with Crippen LogP contribution in [0.2, 0.25) is 0 Å². The number of nitrogens with one attached hydrogen (secondary N) is 1. The van der Waals surface area contributed by atoms with Gasteiger partial charge in [0.15, 0.2) is 6.10 Å². The molecule has 0 spiro atoms. The third kappa shape index (κ3) is 4.19. The molecule has 0 fully saturated rings. The molecule has 0 saturated carbocycles. The molecule has 0 radical (unpaired) electrons. The SMILES string of the molecule is Cc1ccc(C(=O)O[C@@H](C)C(=O)N[C@@H]2CCCc3ccccc32)cc1[N+](=O)[O-]. The lowest BCUT2D eigenvalue weighted by atomic mass is 9.87. The highest BCUT2D eigenvalue weighted by molar-refractivity contribution is 5.93. The van der Waals surface area contributed by atoms with Crippen molar-refractivity contribution in [3.05, 3.63) is 74.8 Å². The van der Waals surface area contributed by atoms with Gasteiger partial charge in [-0.3, -0.25) is 14.9 Å². The second-order valence-corrected chi connectivity index (χ2v) is 6.96. The molecule has 0 saturated heterocycles. The van der Waals surface area contributed by atoms with Crippen molar-refractivity contribution in [2.75, 3.05) is 0 Å². The highest BCUT2D eigenvalue weighted by atomic mass is 16.6. The van der Waals surface area contributed by atoms with E-state index in [4.69, 9.17) is 4.74 Å². The zero-order valence-corrected chi connectivity index (χ0v) is 15.8. The van der Waals surface area contributed by atoms with Crippen LogP contribution in [0.1, 0.15) is 52.9 Å². The van der Waals surface area contributed by atoms with Crippen molar-refractivity contribution in [3.63, 3.8) is 0 Å². The first-order valence-corrected chi connectivity index (χ1v) is 9.21. The smallest absolute Gasteiger partial charge is 0.339 e. The first kappa shape index (κ1) is 19.5. The Balaban J connectivity index is 1.66. The topological polar surface area (TPSA) is 98.5 Å². The van der Waals surface area contributed by atoms with Gasteiger partial charge in [-0.1, -0.05) is 30.3 Å². The molecule has 0 aromatic heterocycles. The monoisotopic (exact) mass is 382 g/mol. The van der Waals surface area contributed by atoms with Gasteiger partial charge in [0.25, 0.3) is 11.6 Å². The number of amides is 1. The largest absolute Gasteiger partial charge is 0.449 e. The number of hydrogen-bond donors (Lipinski definition) is 1. The van der Waals surface area contributed by atoms with E-state index in [-0.39, 0.29) is 17.3 Å². The van der Waals surface area contributed by atoms with Gasteiger partial charge >= 0.3 is 5.97 Å². The first-order chi connectivity index (χ1) is 13.4. The molecular weight excluding hydrogens is 360 g/mol. The van der Waals surface area contributed by atoms with Gasteiger partial charge in [-0.15, -0.1) is 0 Å². The van der Waals surface area contributed by atoms with Gasteiger partial charge in [-0.25, -0.2) is 4.79 Å². The average molecular weight is 382 g/mol. The van der Waals surface area contributed by atoms with Crippen LogP contribution in [0.4, 0.5) is 5.69 Å². The van der Waals surface area contributed by atoms with Crippen LogP contribution < -0.4 is 5.32 Å². The minimum absolute atomic E-state index is 0.0416. The molecule has 28 heavy (non-hydrogen) atoms. The summed E-state index contributed by atoms with van der Waals surface area (Å²) in [5.74, 6) is -1.16. The fourth-order valence-electron chi connectivity index (χ4n) is 3.41. The van der Waals surface area contributed by atoms with E-state index in [0.29, 0.717) is 5.56 Å². The molecule has 3 rings (SSSR count). The molecule has 146 valence electrons. The second kappa shape index (κ2) is 8.21. The Morgan fingerprint density at radius 3 is 2.75 bits per heavy atom. The van der Waals surface area contributed by atoms with Gasteiger partial charge in [0.1, 0.15) is 0 Å². The van der Waals surface area contributed by atoms with E-state index in [9.17, 15) is 19.7 Å². The summed E-state index contributed by atoms with van der Waals surface area (Å²) in [5, 5.41) is 14.0. The summed E-state index contributed by atoms with van der Waals surface area (Å²) in [4.78, 5) is 35.3. The summed E-state index contributed by atoms with van der Waals surface area (Å²) in [6.45, 7) is 3.08. The van der Waals surface area contributed by atoms with Crippen LogP contribution in [-0.4, -0.2) is 22.9 Å². The molecule has 2 aromatic carbocycles. The third-order valence-electron chi connectivity index (χ3n) is 4.98. The number of ether oxygens (including phenoxy) is 1. The maximum atomic E-state index is 12.5. The molecule has 0 heterocycles. The van der Waals surface area contributed by atoms with Gasteiger partial charge in [0.2, 0.25) is 0 Å². The number of nitro benzene ring substituents is 1. The van der Waals surface area contributed by atoms with Crippen molar-refractivity contribution in [2.45, 2.75) is 45.3 Å². The van der Waals surface area contributed by atoms with Gasteiger partial charge in [-0.2, -0.15) is 0 Å². The van der Waals surface area contributed by atoms with Crippen LogP contribution in [-0.2, 0) is 16.0 Å². The average Bonchev–Trinajstić information content (AvgIpc) is 2.68. The number of aryl methyl sites for hydroxylation is 2. The zero-order chi connectivity index (χ0) is 20.3. The fourth-order valence-corrected chi connectivity index (χ4v) is 3.41. The number of esters is 1. The molecule has 7 heteroatoms. The van der Waals surface area contributed by atoms with Crippen LogP contribution in [0.25, 0.3) is 0 Å². The Morgan fingerprint density at radius 1 is 1.25 bits per heavy atom. The van der Waals surface area contributed by atoms with Gasteiger partial charge in [-0.05, 0) is 50.3 Å². The lowest BCUT2D eigenvalue weighted by Crippen LogP contribution is -2.39. The number of rotatable bonds is 5. The van der Waals surface area contributed by atoms with E-state index in [1.165, 1.54) is 30.7 Å². The quantitative estimate of drug-likeness (QED) is 0.484. The normalized spacial score (nSPS) is 16.6. The first-order valence-electron chi connectivity index (χ1n) is 9.21. The molecular formula is C21H22N2O5. The number of hydrogen-bond acceptors (Lipinski definition) is 5. The number of fused-ring (bicyclic) bond motifs is 1. The lowest BCUT2D eigenvalue weighted by Gasteiger charge is -2.27. The Hall–Kier alpha value is -3.22. The summed E-state index contributed by atoms with van der Waals surface area (Å²) in [5.41, 5.74) is 2.64. The van der Waals surface area contributed by atoms with Crippen LogP contribution in [0, 0.1) is 17.0 Å². The Morgan fingerprint density at radius 2 is 2.00 bits per heavy atom. The Labute approximate surface area is 162 Å². The van der Waals surface area contributed by atoms with Crippen molar-refractivity contribution >= 4 is 17.6 Å². The highest BCUT2D eigenvalue weighted by Gasteiger charge is 2.26. The van der Waals surface area contributed by atoms with Crippen LogP contribution in [0.15, 0.2) is 42.5 Å². The van der Waals surface area contributed by atoms with Gasteiger partial charge < -0.3 is 10.1 Å². The number of nitro groups is 1. The van der Waals surface area contributed by atoms with Crippen molar-refractivity contribution in [1.29, 1.82) is 0 Å². The van der Waals surface area contributed by atoms with Crippen molar-refractivity contribution in [2.24, 2.45) is 0 Å².